The van der Waals surface area contributed by atoms with Gasteiger partial charge in [-0.05, 0) is 42.5 Å². The number of hydrogen-bond donors (Lipinski definition) is 0. The molecule has 0 radical (unpaired) electrons. The van der Waals surface area contributed by atoms with Crippen LogP contribution in [0.1, 0.15) is 10.4 Å². The van der Waals surface area contributed by atoms with Crippen LogP contribution in [0.2, 0.25) is 5.02 Å². The highest BCUT2D eigenvalue weighted by atomic mass is 35.5. The first-order valence-corrected chi connectivity index (χ1v) is 11.4. The molecule has 7 nitrogen and oxygen atoms in total. The Morgan fingerprint density at radius 2 is 1.44 bits per heavy atom. The number of likely N-dealkylation sites (N-methyl/N-ethyl adjacent to an activating group) is 1. The smallest absolute Gasteiger partial charge is 0.338 e. The van der Waals surface area contributed by atoms with Gasteiger partial charge in [-0.25, -0.2) is 13.2 Å². The van der Waals surface area contributed by atoms with E-state index >= 15 is 0 Å². The number of anilines is 2. The standard InChI is InChI=1S/C23H21ClN2O5S/c1-25(18-9-5-3-6-10-18)22(27)16-31-23(28)17-13-14-20(24)21(15-17)32(29,30)26(2)19-11-7-4-8-12-19/h3-15H,16H2,1-2H3. The fourth-order valence-electron chi connectivity index (χ4n) is 2.86. The number of nitrogens with zero attached hydrogens (tertiary/aromatic N) is 2. The van der Waals surface area contributed by atoms with Crippen molar-refractivity contribution in [1.82, 2.24) is 0 Å². The molecule has 0 atom stereocenters. The summed E-state index contributed by atoms with van der Waals surface area (Å²) in [5.74, 6) is -1.27. The molecule has 0 bridgehead atoms. The maximum absolute atomic E-state index is 13.1. The van der Waals surface area contributed by atoms with E-state index in [1.54, 1.807) is 61.6 Å². The van der Waals surface area contributed by atoms with Gasteiger partial charge in [0.15, 0.2) is 6.61 Å². The summed E-state index contributed by atoms with van der Waals surface area (Å²) in [4.78, 5) is 25.9. The zero-order chi connectivity index (χ0) is 23.3. The molecule has 0 fully saturated rings. The van der Waals surface area contributed by atoms with Crippen molar-refractivity contribution in [2.45, 2.75) is 4.90 Å². The molecule has 0 aliphatic rings. The number of para-hydroxylation sites is 2. The minimum absolute atomic E-state index is 0.0374. The Kier molecular flexibility index (Phi) is 7.17. The molecule has 3 rings (SSSR count). The van der Waals surface area contributed by atoms with Gasteiger partial charge in [-0.1, -0.05) is 48.0 Å². The van der Waals surface area contributed by atoms with E-state index in [2.05, 4.69) is 0 Å². The molecule has 32 heavy (non-hydrogen) atoms. The van der Waals surface area contributed by atoms with Crippen molar-refractivity contribution in [1.29, 1.82) is 0 Å². The minimum Gasteiger partial charge on any atom is -0.452 e. The molecule has 0 saturated carbocycles. The molecule has 3 aromatic carbocycles. The van der Waals surface area contributed by atoms with E-state index in [-0.39, 0.29) is 15.5 Å². The van der Waals surface area contributed by atoms with E-state index in [0.29, 0.717) is 11.4 Å². The van der Waals surface area contributed by atoms with Gasteiger partial charge in [-0.15, -0.1) is 0 Å². The average Bonchev–Trinajstić information content (AvgIpc) is 2.82. The summed E-state index contributed by atoms with van der Waals surface area (Å²) < 4.78 is 32.3. The van der Waals surface area contributed by atoms with Crippen LogP contribution < -0.4 is 9.21 Å². The summed E-state index contributed by atoms with van der Waals surface area (Å²) in [7, 11) is -1.08. The quantitative estimate of drug-likeness (QED) is 0.485. The molecule has 0 aliphatic heterocycles. The van der Waals surface area contributed by atoms with Crippen LogP contribution >= 0.6 is 11.6 Å². The van der Waals surface area contributed by atoms with Gasteiger partial charge in [0.1, 0.15) is 4.90 Å². The number of esters is 1. The highest BCUT2D eigenvalue weighted by Crippen LogP contribution is 2.28. The van der Waals surface area contributed by atoms with E-state index in [1.807, 2.05) is 6.07 Å². The first kappa shape index (κ1) is 23.3. The molecular formula is C23H21ClN2O5S. The fraction of sp³-hybridized carbons (Fsp3) is 0.130. The molecule has 0 aliphatic carbocycles. The zero-order valence-electron chi connectivity index (χ0n) is 17.4. The maximum Gasteiger partial charge on any atom is 0.338 e. The van der Waals surface area contributed by atoms with Gasteiger partial charge < -0.3 is 9.64 Å². The van der Waals surface area contributed by atoms with Crippen molar-refractivity contribution in [3.8, 4) is 0 Å². The van der Waals surface area contributed by atoms with Gasteiger partial charge in [0.2, 0.25) is 0 Å². The first-order valence-electron chi connectivity index (χ1n) is 9.54. The Morgan fingerprint density at radius 3 is 2.03 bits per heavy atom. The topological polar surface area (TPSA) is 84.0 Å². The van der Waals surface area contributed by atoms with Crippen LogP contribution in [0, 0.1) is 0 Å². The summed E-state index contributed by atoms with van der Waals surface area (Å²) in [5.41, 5.74) is 1.05. The number of amides is 1. The lowest BCUT2D eigenvalue weighted by molar-refractivity contribution is -0.121. The Hall–Kier alpha value is -3.36. The minimum atomic E-state index is -4.04. The van der Waals surface area contributed by atoms with Crippen LogP contribution in [0.25, 0.3) is 0 Å². The summed E-state index contributed by atoms with van der Waals surface area (Å²) in [6.07, 6.45) is 0. The molecule has 3 aromatic rings. The van der Waals surface area contributed by atoms with Crippen LogP contribution in [0.15, 0.2) is 83.8 Å². The summed E-state index contributed by atoms with van der Waals surface area (Å²) in [6.45, 7) is -0.501. The Labute approximate surface area is 191 Å². The molecule has 0 unspecified atom stereocenters. The van der Waals surface area contributed by atoms with Gasteiger partial charge >= 0.3 is 5.97 Å². The van der Waals surface area contributed by atoms with Gasteiger partial charge in [0, 0.05) is 19.8 Å². The number of carbonyl (C=O) groups is 2. The summed E-state index contributed by atoms with van der Waals surface area (Å²) in [5, 5.41) is -0.0378. The van der Waals surface area contributed by atoms with Crippen molar-refractivity contribution in [3.63, 3.8) is 0 Å². The van der Waals surface area contributed by atoms with Crippen molar-refractivity contribution in [2.24, 2.45) is 0 Å². The van der Waals surface area contributed by atoms with Crippen LogP contribution in [-0.4, -0.2) is 41.0 Å². The zero-order valence-corrected chi connectivity index (χ0v) is 19.0. The molecule has 166 valence electrons. The lowest BCUT2D eigenvalue weighted by Crippen LogP contribution is -2.31. The van der Waals surface area contributed by atoms with Gasteiger partial charge in [-0.2, -0.15) is 0 Å². The van der Waals surface area contributed by atoms with E-state index < -0.39 is 28.5 Å². The normalized spacial score (nSPS) is 11.0. The van der Waals surface area contributed by atoms with E-state index in [0.717, 1.165) is 10.4 Å². The van der Waals surface area contributed by atoms with Crippen LogP contribution in [0.5, 0.6) is 0 Å². The highest BCUT2D eigenvalue weighted by molar-refractivity contribution is 7.93. The number of rotatable bonds is 7. The Bertz CT molecular complexity index is 1220. The Morgan fingerprint density at radius 1 is 0.875 bits per heavy atom. The monoisotopic (exact) mass is 472 g/mol. The maximum atomic E-state index is 13.1. The van der Waals surface area contributed by atoms with Gasteiger partial charge in [0.25, 0.3) is 15.9 Å². The molecule has 0 N–H and O–H groups in total. The molecule has 1 amide bonds. The predicted octanol–water partition coefficient (Wildman–Crippen LogP) is 3.98. The third-order valence-corrected chi connectivity index (χ3v) is 7.04. The summed E-state index contributed by atoms with van der Waals surface area (Å²) >= 11 is 6.14. The average molecular weight is 473 g/mol. The highest BCUT2D eigenvalue weighted by Gasteiger charge is 2.26. The predicted molar refractivity (Wildman–Crippen MR) is 124 cm³/mol. The Balaban J connectivity index is 1.76. The molecular weight excluding hydrogens is 452 g/mol. The SMILES string of the molecule is CN(C(=O)COC(=O)c1ccc(Cl)c(S(=O)(=O)N(C)c2ccccc2)c1)c1ccccc1. The number of sulfonamides is 1. The molecule has 9 heteroatoms. The number of carbonyl (C=O) groups excluding carboxylic acids is 2. The second-order valence-electron chi connectivity index (χ2n) is 6.82. The molecule has 0 saturated heterocycles. The van der Waals surface area contributed by atoms with Crippen LogP contribution in [-0.2, 0) is 19.6 Å². The summed E-state index contributed by atoms with van der Waals surface area (Å²) in [6, 6.07) is 21.1. The third-order valence-electron chi connectivity index (χ3n) is 4.77. The lowest BCUT2D eigenvalue weighted by Gasteiger charge is -2.20. The molecule has 0 heterocycles. The van der Waals surface area contributed by atoms with E-state index in [1.165, 1.54) is 24.1 Å². The second-order valence-corrected chi connectivity index (χ2v) is 9.16. The number of ether oxygens (including phenoxy) is 1. The van der Waals surface area contributed by atoms with Crippen molar-refractivity contribution >= 4 is 44.9 Å². The van der Waals surface area contributed by atoms with Crippen molar-refractivity contribution < 1.29 is 22.7 Å². The number of benzene rings is 3. The van der Waals surface area contributed by atoms with Gasteiger partial charge in [0.05, 0.1) is 16.3 Å². The van der Waals surface area contributed by atoms with Crippen molar-refractivity contribution in [3.05, 3.63) is 89.4 Å². The largest absolute Gasteiger partial charge is 0.452 e. The number of hydrogen-bond acceptors (Lipinski definition) is 5. The molecule has 0 aromatic heterocycles. The lowest BCUT2D eigenvalue weighted by atomic mass is 10.2. The van der Waals surface area contributed by atoms with Gasteiger partial charge in [-0.3, -0.25) is 9.10 Å². The van der Waals surface area contributed by atoms with Crippen LogP contribution in [0.4, 0.5) is 11.4 Å². The van der Waals surface area contributed by atoms with Crippen molar-refractivity contribution in [2.75, 3.05) is 29.9 Å². The number of halogens is 1. The first-order chi connectivity index (χ1) is 15.2. The second kappa shape index (κ2) is 9.84. The van der Waals surface area contributed by atoms with E-state index in [9.17, 15) is 18.0 Å². The molecule has 0 spiro atoms. The third kappa shape index (κ3) is 5.09. The van der Waals surface area contributed by atoms with Crippen LogP contribution in [0.3, 0.4) is 0 Å². The fourth-order valence-corrected chi connectivity index (χ4v) is 4.55. The van der Waals surface area contributed by atoms with E-state index in [4.69, 9.17) is 16.3 Å².